The molecule has 2 aliphatic rings. The standard InChI is InChI=1S/C23H25N5OS/c30-23-26-21(19-9-2-4-12-25-19)22(28(23)15-17-7-1-3-11-24-17)20-10-5-13-27(20)16-18-8-6-14-29-18/h1-5,7,9-13,18,21-22H,6,8,14-16H2,(H,26,30)/t18-,21+,22-/m0/s1. The van der Waals surface area contributed by atoms with Gasteiger partial charge in [0.25, 0.3) is 0 Å². The molecule has 3 atom stereocenters. The van der Waals surface area contributed by atoms with E-state index in [0.717, 1.165) is 42.5 Å². The van der Waals surface area contributed by atoms with Gasteiger partial charge in [-0.15, -0.1) is 0 Å². The van der Waals surface area contributed by atoms with Crippen molar-refractivity contribution < 1.29 is 4.74 Å². The first-order valence-electron chi connectivity index (χ1n) is 10.4. The van der Waals surface area contributed by atoms with Gasteiger partial charge in [-0.25, -0.2) is 0 Å². The zero-order chi connectivity index (χ0) is 20.3. The van der Waals surface area contributed by atoms with Crippen molar-refractivity contribution in [3.8, 4) is 0 Å². The summed E-state index contributed by atoms with van der Waals surface area (Å²) in [6, 6.07) is 16.3. The van der Waals surface area contributed by atoms with Crippen LogP contribution in [0, 0.1) is 0 Å². The predicted octanol–water partition coefficient (Wildman–Crippen LogP) is 3.63. The molecule has 0 aromatic carbocycles. The summed E-state index contributed by atoms with van der Waals surface area (Å²) in [5.74, 6) is 0. The zero-order valence-corrected chi connectivity index (χ0v) is 17.5. The van der Waals surface area contributed by atoms with Gasteiger partial charge in [-0.2, -0.15) is 0 Å². The number of pyridine rings is 2. The van der Waals surface area contributed by atoms with Gasteiger partial charge in [-0.05, 0) is 61.5 Å². The molecule has 30 heavy (non-hydrogen) atoms. The Bertz CT molecular complexity index is 987. The number of hydrogen-bond acceptors (Lipinski definition) is 4. The van der Waals surface area contributed by atoms with E-state index in [-0.39, 0.29) is 18.2 Å². The van der Waals surface area contributed by atoms with Gasteiger partial charge in [-0.3, -0.25) is 9.97 Å². The molecule has 2 saturated heterocycles. The molecule has 0 amide bonds. The topological polar surface area (TPSA) is 55.2 Å². The Morgan fingerprint density at radius 2 is 1.93 bits per heavy atom. The molecular weight excluding hydrogens is 394 g/mol. The summed E-state index contributed by atoms with van der Waals surface area (Å²) in [5, 5.41) is 4.25. The monoisotopic (exact) mass is 419 g/mol. The summed E-state index contributed by atoms with van der Waals surface area (Å²) in [4.78, 5) is 11.4. The van der Waals surface area contributed by atoms with E-state index in [9.17, 15) is 0 Å². The molecule has 0 unspecified atom stereocenters. The maximum Gasteiger partial charge on any atom is 0.170 e. The minimum absolute atomic E-state index is 0.0193. The van der Waals surface area contributed by atoms with Crippen molar-refractivity contribution in [1.29, 1.82) is 0 Å². The number of thiocarbonyl (C=S) groups is 1. The average molecular weight is 420 g/mol. The zero-order valence-electron chi connectivity index (χ0n) is 16.7. The summed E-state index contributed by atoms with van der Waals surface area (Å²) in [6.45, 7) is 2.36. The lowest BCUT2D eigenvalue weighted by Gasteiger charge is -2.29. The van der Waals surface area contributed by atoms with Gasteiger partial charge in [0.05, 0.1) is 36.1 Å². The minimum Gasteiger partial charge on any atom is -0.376 e. The molecule has 1 N–H and O–H groups in total. The van der Waals surface area contributed by atoms with Gasteiger partial charge in [0.1, 0.15) is 0 Å². The quantitative estimate of drug-likeness (QED) is 0.616. The molecule has 0 bridgehead atoms. The van der Waals surface area contributed by atoms with Crippen molar-refractivity contribution in [3.05, 3.63) is 84.2 Å². The first-order chi connectivity index (χ1) is 14.8. The summed E-state index contributed by atoms with van der Waals surface area (Å²) >= 11 is 5.78. The summed E-state index contributed by atoms with van der Waals surface area (Å²) < 4.78 is 8.22. The van der Waals surface area contributed by atoms with Gasteiger partial charge >= 0.3 is 0 Å². The van der Waals surface area contributed by atoms with Gasteiger partial charge in [0, 0.05) is 37.4 Å². The van der Waals surface area contributed by atoms with Crippen molar-refractivity contribution in [2.75, 3.05) is 6.61 Å². The lowest BCUT2D eigenvalue weighted by molar-refractivity contribution is 0.0952. The van der Waals surface area contributed by atoms with Crippen LogP contribution in [-0.2, 0) is 17.8 Å². The van der Waals surface area contributed by atoms with Crippen LogP contribution in [0.2, 0.25) is 0 Å². The van der Waals surface area contributed by atoms with E-state index in [1.165, 1.54) is 5.69 Å². The fraction of sp³-hybridized carbons (Fsp3) is 0.348. The molecule has 5 heterocycles. The van der Waals surface area contributed by atoms with E-state index in [2.05, 4.69) is 49.1 Å². The Kier molecular flexibility index (Phi) is 5.46. The van der Waals surface area contributed by atoms with Crippen LogP contribution in [0.4, 0.5) is 0 Å². The van der Waals surface area contributed by atoms with Crippen molar-refractivity contribution in [2.45, 2.75) is 44.1 Å². The number of nitrogens with one attached hydrogen (secondary N) is 1. The fourth-order valence-electron chi connectivity index (χ4n) is 4.43. The minimum atomic E-state index is -0.0273. The predicted molar refractivity (Wildman–Crippen MR) is 119 cm³/mol. The van der Waals surface area contributed by atoms with E-state index in [0.29, 0.717) is 6.54 Å². The third kappa shape index (κ3) is 3.82. The molecule has 6 nitrogen and oxygen atoms in total. The van der Waals surface area contributed by atoms with Crippen LogP contribution in [0.15, 0.2) is 67.1 Å². The van der Waals surface area contributed by atoms with Crippen LogP contribution in [0.1, 0.15) is 42.0 Å². The summed E-state index contributed by atoms with van der Waals surface area (Å²) in [6.07, 6.45) is 8.33. The maximum absolute atomic E-state index is 5.90. The number of nitrogens with zero attached hydrogens (tertiary/aromatic N) is 4. The smallest absolute Gasteiger partial charge is 0.170 e. The molecule has 7 heteroatoms. The Hall–Kier alpha value is -2.77. The van der Waals surface area contributed by atoms with Crippen molar-refractivity contribution in [3.63, 3.8) is 0 Å². The molecule has 0 aliphatic carbocycles. The van der Waals surface area contributed by atoms with Crippen LogP contribution >= 0.6 is 12.2 Å². The molecule has 5 rings (SSSR count). The van der Waals surface area contributed by atoms with Crippen LogP contribution in [0.3, 0.4) is 0 Å². The molecule has 154 valence electrons. The molecule has 0 radical (unpaired) electrons. The van der Waals surface area contributed by atoms with Gasteiger partial charge < -0.3 is 19.5 Å². The Morgan fingerprint density at radius 1 is 1.07 bits per heavy atom. The van der Waals surface area contributed by atoms with Crippen molar-refractivity contribution >= 4 is 17.3 Å². The third-order valence-electron chi connectivity index (χ3n) is 5.85. The molecule has 3 aromatic heterocycles. The van der Waals surface area contributed by atoms with Gasteiger partial charge in [0.2, 0.25) is 0 Å². The lowest BCUT2D eigenvalue weighted by Crippen LogP contribution is -2.31. The maximum atomic E-state index is 5.90. The Morgan fingerprint density at radius 3 is 2.67 bits per heavy atom. The molecule has 0 spiro atoms. The average Bonchev–Trinajstić information content (AvgIpc) is 3.52. The van der Waals surface area contributed by atoms with Crippen LogP contribution < -0.4 is 5.32 Å². The van der Waals surface area contributed by atoms with Crippen molar-refractivity contribution in [1.82, 2.24) is 24.8 Å². The number of aromatic nitrogens is 3. The first-order valence-corrected chi connectivity index (χ1v) is 10.8. The Labute approximate surface area is 181 Å². The van der Waals surface area contributed by atoms with Crippen LogP contribution in [0.25, 0.3) is 0 Å². The molecule has 2 fully saturated rings. The summed E-state index contributed by atoms with van der Waals surface area (Å²) in [7, 11) is 0. The van der Waals surface area contributed by atoms with E-state index >= 15 is 0 Å². The first kappa shape index (κ1) is 19.2. The highest BCUT2D eigenvalue weighted by Gasteiger charge is 2.41. The normalized spacial score (nSPS) is 23.7. The van der Waals surface area contributed by atoms with Gasteiger partial charge in [-0.1, -0.05) is 12.1 Å². The second-order valence-electron chi connectivity index (χ2n) is 7.80. The van der Waals surface area contributed by atoms with E-state index in [4.69, 9.17) is 17.0 Å². The highest BCUT2D eigenvalue weighted by atomic mass is 32.1. The van der Waals surface area contributed by atoms with Gasteiger partial charge in [0.15, 0.2) is 5.11 Å². The van der Waals surface area contributed by atoms with Crippen molar-refractivity contribution in [2.24, 2.45) is 0 Å². The second-order valence-corrected chi connectivity index (χ2v) is 8.18. The van der Waals surface area contributed by atoms with E-state index in [1.807, 2.05) is 42.7 Å². The van der Waals surface area contributed by atoms with Crippen LogP contribution in [0.5, 0.6) is 0 Å². The Balaban J connectivity index is 1.51. The summed E-state index contributed by atoms with van der Waals surface area (Å²) in [5.41, 5.74) is 3.19. The lowest BCUT2D eigenvalue weighted by atomic mass is 10.0. The number of hydrogen-bond donors (Lipinski definition) is 1. The molecule has 0 saturated carbocycles. The van der Waals surface area contributed by atoms with Crippen LogP contribution in [-0.4, -0.2) is 37.3 Å². The highest BCUT2D eigenvalue weighted by molar-refractivity contribution is 7.80. The molecule has 3 aromatic rings. The number of ether oxygens (including phenoxy) is 1. The highest BCUT2D eigenvalue weighted by Crippen LogP contribution is 2.39. The van der Waals surface area contributed by atoms with E-state index in [1.54, 1.807) is 0 Å². The molecule has 2 aliphatic heterocycles. The van der Waals surface area contributed by atoms with E-state index < -0.39 is 0 Å². The number of rotatable bonds is 6. The fourth-order valence-corrected chi connectivity index (χ4v) is 4.74. The SMILES string of the molecule is S=C1N[C@H](c2ccccn2)[C@H](c2cccn2C[C@@H]2CCCO2)N1Cc1ccccn1. The third-order valence-corrected chi connectivity index (χ3v) is 6.20. The molecular formula is C23H25N5OS. The largest absolute Gasteiger partial charge is 0.376 e. The second kappa shape index (κ2) is 8.53.